The molecule has 0 aromatic rings. The van der Waals surface area contributed by atoms with E-state index >= 15 is 0 Å². The maximum absolute atomic E-state index is 9.80. The van der Waals surface area contributed by atoms with Crippen LogP contribution in [0.15, 0.2) is 0 Å². The zero-order valence-corrected chi connectivity index (χ0v) is 8.65. The van der Waals surface area contributed by atoms with Crippen LogP contribution in [0, 0.1) is 16.7 Å². The summed E-state index contributed by atoms with van der Waals surface area (Å²) in [6.45, 7) is 9.29. The van der Waals surface area contributed by atoms with Crippen LogP contribution in [0.5, 0.6) is 0 Å². The molecule has 2 fully saturated rings. The van der Waals surface area contributed by atoms with Gasteiger partial charge in [0.05, 0.1) is 5.60 Å². The molecular formula is C11H20O. The zero-order chi connectivity index (χ0) is 9.20. The largest absolute Gasteiger partial charge is 0.390 e. The quantitative estimate of drug-likeness (QED) is 0.672. The fraction of sp³-hybridized carbons (Fsp3) is 1.00. The maximum atomic E-state index is 9.80. The molecule has 12 heavy (non-hydrogen) atoms. The van der Waals surface area contributed by atoms with Gasteiger partial charge < -0.3 is 5.11 Å². The molecule has 0 bridgehead atoms. The first kappa shape index (κ1) is 8.55. The molecule has 1 N–H and O–H groups in total. The highest BCUT2D eigenvalue weighted by Gasteiger charge is 2.66. The topological polar surface area (TPSA) is 20.2 Å². The Kier molecular flexibility index (Phi) is 1.35. The van der Waals surface area contributed by atoms with E-state index < -0.39 is 0 Å². The number of aliphatic hydroxyl groups is 1. The van der Waals surface area contributed by atoms with E-state index in [0.717, 1.165) is 25.2 Å². The fourth-order valence-electron chi connectivity index (χ4n) is 2.57. The molecule has 1 nitrogen and oxygen atoms in total. The van der Waals surface area contributed by atoms with Crippen LogP contribution >= 0.6 is 0 Å². The average Bonchev–Trinajstić information content (AvgIpc) is 2.71. The summed E-state index contributed by atoms with van der Waals surface area (Å²) in [5, 5.41) is 9.80. The Balaban J connectivity index is 2.00. The molecule has 0 unspecified atom stereocenters. The minimum absolute atomic E-state index is 0.254. The van der Waals surface area contributed by atoms with Gasteiger partial charge in [-0.3, -0.25) is 0 Å². The van der Waals surface area contributed by atoms with E-state index in [1.54, 1.807) is 0 Å². The number of hydrogen-bond acceptors (Lipinski definition) is 1. The molecule has 70 valence electrons. The molecule has 0 heterocycles. The van der Waals surface area contributed by atoms with Gasteiger partial charge in [0.1, 0.15) is 0 Å². The van der Waals surface area contributed by atoms with Gasteiger partial charge in [-0.25, -0.2) is 0 Å². The Morgan fingerprint density at radius 2 is 1.50 bits per heavy atom. The Hall–Kier alpha value is -0.0400. The summed E-state index contributed by atoms with van der Waals surface area (Å²) >= 11 is 0. The average molecular weight is 168 g/mol. The lowest BCUT2D eigenvalue weighted by Gasteiger charge is -2.07. The summed E-state index contributed by atoms with van der Waals surface area (Å²) < 4.78 is 0. The zero-order valence-electron chi connectivity index (χ0n) is 8.65. The maximum Gasteiger partial charge on any atom is 0.0653 e. The van der Waals surface area contributed by atoms with Crippen LogP contribution in [-0.4, -0.2) is 10.7 Å². The van der Waals surface area contributed by atoms with Crippen molar-refractivity contribution >= 4 is 0 Å². The second-order valence-corrected chi connectivity index (χ2v) is 5.92. The SMILES string of the molecule is CC1(C)C(CC2(O)CC2)C1(C)C. The third-order valence-electron chi connectivity index (χ3n) is 4.73. The Morgan fingerprint density at radius 1 is 1.08 bits per heavy atom. The summed E-state index contributed by atoms with van der Waals surface area (Å²) in [7, 11) is 0. The molecule has 0 atom stereocenters. The van der Waals surface area contributed by atoms with E-state index in [1.165, 1.54) is 0 Å². The molecule has 0 saturated heterocycles. The molecule has 0 aromatic heterocycles. The highest BCUT2D eigenvalue weighted by Crippen LogP contribution is 2.71. The second kappa shape index (κ2) is 1.89. The minimum atomic E-state index is -0.254. The summed E-state index contributed by atoms with van der Waals surface area (Å²) in [6.07, 6.45) is 3.11. The van der Waals surface area contributed by atoms with E-state index in [1.807, 2.05) is 0 Å². The number of hydrogen-bond donors (Lipinski definition) is 1. The first-order chi connectivity index (χ1) is 5.30. The van der Waals surface area contributed by atoms with E-state index in [4.69, 9.17) is 0 Å². The van der Waals surface area contributed by atoms with Crippen molar-refractivity contribution in [2.45, 2.75) is 52.6 Å². The minimum Gasteiger partial charge on any atom is -0.390 e. The molecule has 0 amide bonds. The van der Waals surface area contributed by atoms with Gasteiger partial charge in [-0.05, 0) is 36.0 Å². The van der Waals surface area contributed by atoms with E-state index in [9.17, 15) is 5.11 Å². The molecule has 0 aliphatic heterocycles. The smallest absolute Gasteiger partial charge is 0.0653 e. The normalized spacial score (nSPS) is 34.8. The highest BCUT2D eigenvalue weighted by molar-refractivity contribution is 5.15. The van der Waals surface area contributed by atoms with Crippen LogP contribution in [0.4, 0.5) is 0 Å². The number of rotatable bonds is 2. The molecule has 1 heteroatoms. The van der Waals surface area contributed by atoms with Crippen molar-refractivity contribution in [3.05, 3.63) is 0 Å². The lowest BCUT2D eigenvalue weighted by molar-refractivity contribution is 0.125. The van der Waals surface area contributed by atoms with Crippen molar-refractivity contribution in [3.63, 3.8) is 0 Å². The van der Waals surface area contributed by atoms with E-state index in [0.29, 0.717) is 10.8 Å². The van der Waals surface area contributed by atoms with Gasteiger partial charge in [-0.1, -0.05) is 27.7 Å². The monoisotopic (exact) mass is 168 g/mol. The predicted octanol–water partition coefficient (Wildman–Crippen LogP) is 2.58. The summed E-state index contributed by atoms with van der Waals surface area (Å²) in [4.78, 5) is 0. The summed E-state index contributed by atoms with van der Waals surface area (Å²) in [6, 6.07) is 0. The molecule has 2 aliphatic carbocycles. The van der Waals surface area contributed by atoms with Gasteiger partial charge in [-0.2, -0.15) is 0 Å². The van der Waals surface area contributed by atoms with Crippen molar-refractivity contribution < 1.29 is 5.11 Å². The van der Waals surface area contributed by atoms with Crippen LogP contribution < -0.4 is 0 Å². The third-order valence-corrected chi connectivity index (χ3v) is 4.73. The van der Waals surface area contributed by atoms with E-state index in [-0.39, 0.29) is 5.60 Å². The third kappa shape index (κ3) is 0.953. The molecule has 2 aliphatic rings. The molecule has 0 spiro atoms. The van der Waals surface area contributed by atoms with Gasteiger partial charge in [0.25, 0.3) is 0 Å². The molecule has 0 aromatic carbocycles. The van der Waals surface area contributed by atoms with Gasteiger partial charge in [0.15, 0.2) is 0 Å². The van der Waals surface area contributed by atoms with Crippen molar-refractivity contribution in [2.75, 3.05) is 0 Å². The molecule has 2 saturated carbocycles. The summed E-state index contributed by atoms with van der Waals surface area (Å²) in [5.74, 6) is 0.734. The van der Waals surface area contributed by atoms with Crippen LogP contribution in [0.2, 0.25) is 0 Å². The van der Waals surface area contributed by atoms with Gasteiger partial charge in [0, 0.05) is 0 Å². The van der Waals surface area contributed by atoms with Crippen LogP contribution in [0.25, 0.3) is 0 Å². The van der Waals surface area contributed by atoms with Crippen molar-refractivity contribution in [3.8, 4) is 0 Å². The highest BCUT2D eigenvalue weighted by atomic mass is 16.3. The fourth-order valence-corrected chi connectivity index (χ4v) is 2.57. The van der Waals surface area contributed by atoms with Gasteiger partial charge >= 0.3 is 0 Å². The van der Waals surface area contributed by atoms with Crippen LogP contribution in [0.3, 0.4) is 0 Å². The molecule has 2 rings (SSSR count). The van der Waals surface area contributed by atoms with Gasteiger partial charge in [-0.15, -0.1) is 0 Å². The van der Waals surface area contributed by atoms with Crippen molar-refractivity contribution in [1.29, 1.82) is 0 Å². The molecule has 0 radical (unpaired) electrons. The van der Waals surface area contributed by atoms with Crippen molar-refractivity contribution in [2.24, 2.45) is 16.7 Å². The van der Waals surface area contributed by atoms with Crippen LogP contribution in [-0.2, 0) is 0 Å². The standard InChI is InChI=1S/C11H20O/c1-9(2)8(10(9,3)4)7-11(12)5-6-11/h8,12H,5-7H2,1-4H3. The Labute approximate surface area is 75.2 Å². The van der Waals surface area contributed by atoms with E-state index in [2.05, 4.69) is 27.7 Å². The predicted molar refractivity (Wildman–Crippen MR) is 49.9 cm³/mol. The Morgan fingerprint density at radius 3 is 1.75 bits per heavy atom. The summed E-state index contributed by atoms with van der Waals surface area (Å²) in [5.41, 5.74) is 0.645. The van der Waals surface area contributed by atoms with Crippen molar-refractivity contribution in [1.82, 2.24) is 0 Å². The first-order valence-electron chi connectivity index (χ1n) is 5.02. The Bertz CT molecular complexity index is 197. The first-order valence-corrected chi connectivity index (χ1v) is 5.02. The van der Waals surface area contributed by atoms with Gasteiger partial charge in [0.2, 0.25) is 0 Å². The lowest BCUT2D eigenvalue weighted by Crippen LogP contribution is -2.09. The molecular weight excluding hydrogens is 148 g/mol. The van der Waals surface area contributed by atoms with Crippen LogP contribution in [0.1, 0.15) is 47.0 Å². The second-order valence-electron chi connectivity index (χ2n) is 5.92. The lowest BCUT2D eigenvalue weighted by atomic mass is 10.0.